The van der Waals surface area contributed by atoms with E-state index >= 15 is 0 Å². The molecule has 0 aliphatic carbocycles. The molecule has 2 heterocycles. The summed E-state index contributed by atoms with van der Waals surface area (Å²) >= 11 is 0. The summed E-state index contributed by atoms with van der Waals surface area (Å²) in [4.78, 5) is 14.1. The number of aliphatic hydroxyl groups is 1. The standard InChI is InChI=1S/C14H22N2O3/c1-11(13-5-3-7-19-13)15-14(18)9-16-6-2-4-12(8-16)10-17/h3,5,7,11-12,17H,2,4,6,8-10H2,1H3,(H,15,18). The Morgan fingerprint density at radius 3 is 3.21 bits per heavy atom. The predicted molar refractivity (Wildman–Crippen MR) is 71.5 cm³/mol. The molecule has 0 radical (unpaired) electrons. The second-order valence-corrected chi connectivity index (χ2v) is 5.23. The van der Waals surface area contributed by atoms with Crippen LogP contribution < -0.4 is 5.32 Å². The van der Waals surface area contributed by atoms with Gasteiger partial charge >= 0.3 is 0 Å². The third-order valence-corrected chi connectivity index (χ3v) is 3.58. The number of furan rings is 1. The molecule has 0 bridgehead atoms. The van der Waals surface area contributed by atoms with Crippen LogP contribution in [0.1, 0.15) is 31.6 Å². The van der Waals surface area contributed by atoms with Crippen molar-refractivity contribution in [3.8, 4) is 0 Å². The van der Waals surface area contributed by atoms with E-state index in [4.69, 9.17) is 4.42 Å². The second-order valence-electron chi connectivity index (χ2n) is 5.23. The monoisotopic (exact) mass is 266 g/mol. The highest BCUT2D eigenvalue weighted by molar-refractivity contribution is 5.78. The van der Waals surface area contributed by atoms with Gasteiger partial charge in [-0.25, -0.2) is 0 Å². The highest BCUT2D eigenvalue weighted by Gasteiger charge is 2.21. The average Bonchev–Trinajstić information content (AvgIpc) is 2.92. The summed E-state index contributed by atoms with van der Waals surface area (Å²) in [5, 5.41) is 12.1. The third kappa shape index (κ3) is 4.08. The van der Waals surface area contributed by atoms with Crippen molar-refractivity contribution in [3.63, 3.8) is 0 Å². The van der Waals surface area contributed by atoms with Crippen LogP contribution in [0.2, 0.25) is 0 Å². The normalized spacial score (nSPS) is 22.1. The predicted octanol–water partition coefficient (Wildman–Crippen LogP) is 1.16. The quantitative estimate of drug-likeness (QED) is 0.839. The first kappa shape index (κ1) is 14.1. The van der Waals surface area contributed by atoms with Gasteiger partial charge in [-0.2, -0.15) is 0 Å². The molecule has 1 aromatic rings. The Hall–Kier alpha value is -1.33. The van der Waals surface area contributed by atoms with Crippen molar-refractivity contribution in [2.24, 2.45) is 5.92 Å². The van der Waals surface area contributed by atoms with E-state index in [1.807, 2.05) is 19.1 Å². The van der Waals surface area contributed by atoms with Crippen LogP contribution in [0.5, 0.6) is 0 Å². The number of rotatable bonds is 5. The maximum absolute atomic E-state index is 12.0. The van der Waals surface area contributed by atoms with Crippen molar-refractivity contribution in [3.05, 3.63) is 24.2 Å². The lowest BCUT2D eigenvalue weighted by molar-refractivity contribution is -0.123. The fourth-order valence-corrected chi connectivity index (χ4v) is 2.54. The van der Waals surface area contributed by atoms with Crippen LogP contribution in [0, 0.1) is 5.92 Å². The Morgan fingerprint density at radius 1 is 1.68 bits per heavy atom. The molecule has 2 unspecified atom stereocenters. The van der Waals surface area contributed by atoms with Crippen LogP contribution in [0.25, 0.3) is 0 Å². The van der Waals surface area contributed by atoms with Crippen molar-refractivity contribution < 1.29 is 14.3 Å². The largest absolute Gasteiger partial charge is 0.467 e. The maximum atomic E-state index is 12.0. The number of carbonyl (C=O) groups excluding carboxylic acids is 1. The van der Waals surface area contributed by atoms with Crippen LogP contribution in [0.4, 0.5) is 0 Å². The molecule has 2 N–H and O–H groups in total. The summed E-state index contributed by atoms with van der Waals surface area (Å²) in [7, 11) is 0. The first-order chi connectivity index (χ1) is 9.19. The number of likely N-dealkylation sites (tertiary alicyclic amines) is 1. The van der Waals surface area contributed by atoms with Gasteiger partial charge in [-0.05, 0) is 44.4 Å². The van der Waals surface area contributed by atoms with Crippen LogP contribution >= 0.6 is 0 Å². The van der Waals surface area contributed by atoms with Gasteiger partial charge in [-0.1, -0.05) is 0 Å². The minimum atomic E-state index is -0.110. The van der Waals surface area contributed by atoms with E-state index in [0.717, 1.165) is 31.7 Å². The molecule has 106 valence electrons. The van der Waals surface area contributed by atoms with Gasteiger partial charge in [-0.3, -0.25) is 9.69 Å². The summed E-state index contributed by atoms with van der Waals surface area (Å²) < 4.78 is 5.26. The molecule has 19 heavy (non-hydrogen) atoms. The van der Waals surface area contributed by atoms with Gasteiger partial charge in [0.2, 0.25) is 5.91 Å². The van der Waals surface area contributed by atoms with Crippen LogP contribution in [-0.2, 0) is 4.79 Å². The zero-order valence-corrected chi connectivity index (χ0v) is 11.3. The van der Waals surface area contributed by atoms with Gasteiger partial charge in [0.05, 0.1) is 18.8 Å². The average molecular weight is 266 g/mol. The van der Waals surface area contributed by atoms with Crippen LogP contribution in [0.3, 0.4) is 0 Å². The van der Waals surface area contributed by atoms with Gasteiger partial charge in [0.15, 0.2) is 0 Å². The molecule has 1 amide bonds. The van der Waals surface area contributed by atoms with Crippen molar-refractivity contribution in [1.82, 2.24) is 10.2 Å². The molecule has 1 fully saturated rings. The molecule has 0 aromatic carbocycles. The summed E-state index contributed by atoms with van der Waals surface area (Å²) in [6.45, 7) is 4.24. The minimum Gasteiger partial charge on any atom is -0.467 e. The van der Waals surface area contributed by atoms with E-state index in [-0.39, 0.29) is 18.6 Å². The minimum absolute atomic E-state index is 0.00231. The van der Waals surface area contributed by atoms with Crippen LogP contribution in [0.15, 0.2) is 22.8 Å². The molecule has 2 rings (SSSR count). The van der Waals surface area contributed by atoms with E-state index in [0.29, 0.717) is 12.5 Å². The molecule has 5 heteroatoms. The van der Waals surface area contributed by atoms with E-state index in [1.165, 1.54) is 0 Å². The van der Waals surface area contributed by atoms with E-state index in [9.17, 15) is 9.90 Å². The van der Waals surface area contributed by atoms with Crippen molar-refractivity contribution in [2.45, 2.75) is 25.8 Å². The topological polar surface area (TPSA) is 65.7 Å². The lowest BCUT2D eigenvalue weighted by Gasteiger charge is -2.31. The number of nitrogens with one attached hydrogen (secondary N) is 1. The van der Waals surface area contributed by atoms with E-state index in [2.05, 4.69) is 10.2 Å². The summed E-state index contributed by atoms with van der Waals surface area (Å²) in [5.74, 6) is 1.08. The molecule has 1 saturated heterocycles. The molecule has 1 aromatic heterocycles. The Kier molecular flexibility index (Phi) is 4.99. The molecule has 0 saturated carbocycles. The number of amides is 1. The SMILES string of the molecule is CC(NC(=O)CN1CCCC(CO)C1)c1ccco1. The summed E-state index contributed by atoms with van der Waals surface area (Å²) in [6, 6.07) is 3.56. The zero-order chi connectivity index (χ0) is 13.7. The van der Waals surface area contributed by atoms with E-state index < -0.39 is 0 Å². The number of aliphatic hydroxyl groups excluding tert-OH is 1. The Bertz CT molecular complexity index is 391. The van der Waals surface area contributed by atoms with Gasteiger partial charge in [-0.15, -0.1) is 0 Å². The van der Waals surface area contributed by atoms with E-state index in [1.54, 1.807) is 6.26 Å². The first-order valence-electron chi connectivity index (χ1n) is 6.85. The van der Waals surface area contributed by atoms with Crippen LogP contribution in [-0.4, -0.2) is 42.2 Å². The highest BCUT2D eigenvalue weighted by Crippen LogP contribution is 2.16. The Balaban J connectivity index is 1.77. The maximum Gasteiger partial charge on any atom is 0.234 e. The van der Waals surface area contributed by atoms with Crippen molar-refractivity contribution in [2.75, 3.05) is 26.2 Å². The van der Waals surface area contributed by atoms with Gasteiger partial charge in [0.1, 0.15) is 5.76 Å². The molecular weight excluding hydrogens is 244 g/mol. The Morgan fingerprint density at radius 2 is 2.53 bits per heavy atom. The number of nitrogens with zero attached hydrogens (tertiary/aromatic N) is 1. The van der Waals surface area contributed by atoms with Crippen molar-refractivity contribution in [1.29, 1.82) is 0 Å². The third-order valence-electron chi connectivity index (χ3n) is 3.58. The molecular formula is C14H22N2O3. The fraction of sp³-hybridized carbons (Fsp3) is 0.643. The fourth-order valence-electron chi connectivity index (χ4n) is 2.54. The molecule has 1 aliphatic rings. The van der Waals surface area contributed by atoms with Gasteiger partial charge in [0.25, 0.3) is 0 Å². The van der Waals surface area contributed by atoms with Crippen molar-refractivity contribution >= 4 is 5.91 Å². The number of hydrogen-bond donors (Lipinski definition) is 2. The van der Waals surface area contributed by atoms with Gasteiger partial charge < -0.3 is 14.8 Å². The molecule has 0 spiro atoms. The summed E-state index contributed by atoms with van der Waals surface area (Å²) in [5.41, 5.74) is 0. The highest BCUT2D eigenvalue weighted by atomic mass is 16.3. The number of piperidine rings is 1. The Labute approximate surface area is 113 Å². The number of carbonyl (C=O) groups is 1. The first-order valence-corrected chi connectivity index (χ1v) is 6.85. The lowest BCUT2D eigenvalue weighted by Crippen LogP contribution is -2.43. The molecule has 2 atom stereocenters. The zero-order valence-electron chi connectivity index (χ0n) is 11.3. The lowest BCUT2D eigenvalue weighted by atomic mass is 9.99. The molecule has 5 nitrogen and oxygen atoms in total. The number of hydrogen-bond acceptors (Lipinski definition) is 4. The smallest absolute Gasteiger partial charge is 0.234 e. The summed E-state index contributed by atoms with van der Waals surface area (Å²) in [6.07, 6.45) is 3.71. The second kappa shape index (κ2) is 6.73. The van der Waals surface area contributed by atoms with Gasteiger partial charge in [0, 0.05) is 13.2 Å². The molecule has 1 aliphatic heterocycles.